The lowest BCUT2D eigenvalue weighted by Crippen LogP contribution is -2.33. The molecule has 4 rings (SSSR count). The van der Waals surface area contributed by atoms with E-state index < -0.39 is 10.5 Å². The van der Waals surface area contributed by atoms with Crippen molar-refractivity contribution >= 4 is 38.6 Å². The fourth-order valence-electron chi connectivity index (χ4n) is 3.45. The maximum Gasteiger partial charge on any atom is 0.488 e. The van der Waals surface area contributed by atoms with Crippen molar-refractivity contribution < 1.29 is 16.5 Å². The molecule has 0 spiro atoms. The molecule has 0 radical (unpaired) electrons. The van der Waals surface area contributed by atoms with Crippen LogP contribution in [0.15, 0.2) is 48.8 Å². The maximum atomic E-state index is 12.6. The predicted molar refractivity (Wildman–Crippen MR) is 110 cm³/mol. The first kappa shape index (κ1) is 19.8. The quantitative estimate of drug-likeness (QED) is 0.614. The molecule has 0 atom stereocenters. The molecule has 30 heavy (non-hydrogen) atoms. The molecule has 1 fully saturated rings. The van der Waals surface area contributed by atoms with Crippen LogP contribution in [-0.2, 0) is 10.5 Å². The fourth-order valence-corrected chi connectivity index (χ4v) is 3.79. The van der Waals surface area contributed by atoms with Gasteiger partial charge in [-0.05, 0) is 49.2 Å². The van der Waals surface area contributed by atoms with Crippen LogP contribution in [0.3, 0.4) is 0 Å². The smallest absolute Gasteiger partial charge is 0.358 e. The zero-order chi connectivity index (χ0) is 21.1. The van der Waals surface area contributed by atoms with Crippen LogP contribution in [0, 0.1) is 17.2 Å². The Balaban J connectivity index is 1.56. The van der Waals surface area contributed by atoms with E-state index in [2.05, 4.69) is 30.4 Å². The number of fused-ring (bicyclic) bond motifs is 1. The van der Waals surface area contributed by atoms with Crippen LogP contribution in [0.25, 0.3) is 10.8 Å². The standard InChI is InChI=1S/C20H18FN5O3S/c21-30(27,28)29-17-3-1-16(2-4-17)25-19-11-18-15(13-24-19)5-8-23-20(18)26-9-6-14(12-22)7-10-26/h1-5,8,11,13-14H,6-7,9-10H2,(H,24,25). The minimum atomic E-state index is -5.06. The van der Waals surface area contributed by atoms with Gasteiger partial charge >= 0.3 is 10.5 Å². The highest BCUT2D eigenvalue weighted by Crippen LogP contribution is 2.30. The molecule has 0 saturated carbocycles. The lowest BCUT2D eigenvalue weighted by atomic mass is 9.98. The number of aromatic nitrogens is 2. The molecule has 0 amide bonds. The number of anilines is 3. The Labute approximate surface area is 173 Å². The van der Waals surface area contributed by atoms with Crippen LogP contribution >= 0.6 is 0 Å². The Morgan fingerprint density at radius 1 is 1.17 bits per heavy atom. The summed E-state index contributed by atoms with van der Waals surface area (Å²) < 4.78 is 37.9. The SMILES string of the molecule is N#CC1CCN(c2nccc3cnc(Nc4ccc(OS(=O)(=O)F)cc4)cc23)CC1. The number of hydrogen-bond donors (Lipinski definition) is 1. The van der Waals surface area contributed by atoms with E-state index in [1.165, 1.54) is 12.1 Å². The van der Waals surface area contributed by atoms with Crippen molar-refractivity contribution in [2.75, 3.05) is 23.3 Å². The second-order valence-corrected chi connectivity index (χ2v) is 7.89. The van der Waals surface area contributed by atoms with Crippen molar-refractivity contribution in [2.45, 2.75) is 12.8 Å². The summed E-state index contributed by atoms with van der Waals surface area (Å²) in [6.45, 7) is 1.54. The first-order valence-corrected chi connectivity index (χ1v) is 10.6. The van der Waals surface area contributed by atoms with E-state index in [9.17, 15) is 12.3 Å². The van der Waals surface area contributed by atoms with Gasteiger partial charge in [-0.1, -0.05) is 3.89 Å². The lowest BCUT2D eigenvalue weighted by Gasteiger charge is -2.30. The number of hydrogen-bond acceptors (Lipinski definition) is 8. The van der Waals surface area contributed by atoms with Gasteiger partial charge in [0.05, 0.1) is 6.07 Å². The van der Waals surface area contributed by atoms with Gasteiger partial charge in [0.2, 0.25) is 0 Å². The van der Waals surface area contributed by atoms with E-state index in [0.717, 1.165) is 42.5 Å². The van der Waals surface area contributed by atoms with Crippen molar-refractivity contribution in [2.24, 2.45) is 5.92 Å². The van der Waals surface area contributed by atoms with E-state index in [1.807, 2.05) is 12.1 Å². The Kier molecular flexibility index (Phi) is 5.37. The third kappa shape index (κ3) is 4.58. The van der Waals surface area contributed by atoms with Crippen molar-refractivity contribution in [1.82, 2.24) is 9.97 Å². The fraction of sp³-hybridized carbons (Fsp3) is 0.250. The van der Waals surface area contributed by atoms with Gasteiger partial charge in [0, 0.05) is 47.9 Å². The monoisotopic (exact) mass is 427 g/mol. The van der Waals surface area contributed by atoms with Gasteiger partial charge in [0.15, 0.2) is 0 Å². The number of piperidine rings is 1. The van der Waals surface area contributed by atoms with E-state index in [1.54, 1.807) is 24.5 Å². The zero-order valence-corrected chi connectivity index (χ0v) is 16.6. The third-order valence-electron chi connectivity index (χ3n) is 4.93. The molecule has 1 saturated heterocycles. The van der Waals surface area contributed by atoms with Crippen molar-refractivity contribution in [3.8, 4) is 11.8 Å². The molecular weight excluding hydrogens is 409 g/mol. The normalized spacial score (nSPS) is 15.0. The summed E-state index contributed by atoms with van der Waals surface area (Å²) in [5.74, 6) is 1.40. The van der Waals surface area contributed by atoms with Crippen LogP contribution in [0.2, 0.25) is 0 Å². The van der Waals surface area contributed by atoms with Crippen LogP contribution in [0.5, 0.6) is 5.75 Å². The first-order valence-electron chi connectivity index (χ1n) is 9.32. The van der Waals surface area contributed by atoms with Crippen LogP contribution in [0.4, 0.5) is 21.2 Å². The number of benzene rings is 1. The molecule has 3 aromatic rings. The number of halogens is 1. The Hall–Kier alpha value is -3.45. The average molecular weight is 427 g/mol. The highest BCUT2D eigenvalue weighted by Gasteiger charge is 2.21. The summed E-state index contributed by atoms with van der Waals surface area (Å²) in [5.41, 5.74) is 0.630. The molecule has 2 aromatic heterocycles. The minimum absolute atomic E-state index is 0.0921. The van der Waals surface area contributed by atoms with Crippen molar-refractivity contribution in [3.63, 3.8) is 0 Å². The van der Waals surface area contributed by atoms with Crippen LogP contribution < -0.4 is 14.4 Å². The number of nitriles is 1. The molecule has 0 unspecified atom stereocenters. The zero-order valence-electron chi connectivity index (χ0n) is 15.8. The molecular formula is C20H18FN5O3S. The van der Waals surface area contributed by atoms with E-state index in [4.69, 9.17) is 5.26 Å². The molecule has 3 heterocycles. The summed E-state index contributed by atoms with van der Waals surface area (Å²) >= 11 is 0. The van der Waals surface area contributed by atoms with Gasteiger partial charge < -0.3 is 14.4 Å². The molecule has 1 aliphatic heterocycles. The van der Waals surface area contributed by atoms with E-state index in [0.29, 0.717) is 11.5 Å². The Morgan fingerprint density at radius 3 is 2.57 bits per heavy atom. The number of nitrogens with one attached hydrogen (secondary N) is 1. The number of pyridine rings is 2. The topological polar surface area (TPSA) is 108 Å². The van der Waals surface area contributed by atoms with Gasteiger partial charge in [-0.15, -0.1) is 0 Å². The second kappa shape index (κ2) is 8.12. The maximum absolute atomic E-state index is 12.6. The first-order chi connectivity index (χ1) is 14.4. The Bertz CT molecular complexity index is 1200. The average Bonchev–Trinajstić information content (AvgIpc) is 2.74. The van der Waals surface area contributed by atoms with Gasteiger partial charge in [0.25, 0.3) is 0 Å². The van der Waals surface area contributed by atoms with Gasteiger partial charge in [-0.3, -0.25) is 0 Å². The summed E-state index contributed by atoms with van der Waals surface area (Å²) in [4.78, 5) is 11.1. The number of nitrogens with zero attached hydrogens (tertiary/aromatic N) is 4. The van der Waals surface area contributed by atoms with Crippen LogP contribution in [0.1, 0.15) is 12.8 Å². The van der Waals surface area contributed by atoms with Crippen molar-refractivity contribution in [1.29, 1.82) is 5.26 Å². The minimum Gasteiger partial charge on any atom is -0.358 e. The summed E-state index contributed by atoms with van der Waals surface area (Å²) in [5, 5.41) is 14.1. The highest BCUT2D eigenvalue weighted by atomic mass is 32.3. The van der Waals surface area contributed by atoms with Gasteiger partial charge in [0.1, 0.15) is 17.4 Å². The molecule has 0 aliphatic carbocycles. The van der Waals surface area contributed by atoms with E-state index in [-0.39, 0.29) is 11.7 Å². The van der Waals surface area contributed by atoms with E-state index >= 15 is 0 Å². The van der Waals surface area contributed by atoms with Crippen molar-refractivity contribution in [3.05, 3.63) is 48.8 Å². The molecule has 154 valence electrons. The lowest BCUT2D eigenvalue weighted by molar-refractivity contribution is 0.440. The second-order valence-electron chi connectivity index (χ2n) is 6.94. The number of rotatable bonds is 5. The Morgan fingerprint density at radius 2 is 1.90 bits per heavy atom. The van der Waals surface area contributed by atoms with Gasteiger partial charge in [-0.2, -0.15) is 13.7 Å². The third-order valence-corrected chi connectivity index (χ3v) is 5.32. The molecule has 0 bridgehead atoms. The highest BCUT2D eigenvalue weighted by molar-refractivity contribution is 7.81. The molecule has 1 aliphatic rings. The summed E-state index contributed by atoms with van der Waals surface area (Å²) in [7, 11) is -5.06. The molecule has 10 heteroatoms. The summed E-state index contributed by atoms with van der Waals surface area (Å²) in [6.07, 6.45) is 5.13. The molecule has 8 nitrogen and oxygen atoms in total. The van der Waals surface area contributed by atoms with Crippen LogP contribution in [-0.4, -0.2) is 31.5 Å². The molecule has 1 N–H and O–H groups in total. The molecule has 1 aromatic carbocycles. The largest absolute Gasteiger partial charge is 0.488 e. The predicted octanol–water partition coefficient (Wildman–Crippen LogP) is 3.71. The van der Waals surface area contributed by atoms with Gasteiger partial charge in [-0.25, -0.2) is 9.97 Å². The summed E-state index contributed by atoms with van der Waals surface area (Å²) in [6, 6.07) is 11.9.